The lowest BCUT2D eigenvalue weighted by Gasteiger charge is -2.32. The van der Waals surface area contributed by atoms with Crippen LogP contribution in [-0.4, -0.2) is 38.8 Å². The zero-order chi connectivity index (χ0) is 18.2. The molecule has 1 aliphatic carbocycles. The summed E-state index contributed by atoms with van der Waals surface area (Å²) < 4.78 is 18.8. The number of nitrogens with one attached hydrogen (secondary N) is 2. The monoisotopic (exact) mass is 363 g/mol. The number of morpholine rings is 1. The number of halogens is 1. The molecule has 26 heavy (non-hydrogen) atoms. The number of quaternary nitrogens is 1. The molecular formula is C21H32FN2O2+. The summed E-state index contributed by atoms with van der Waals surface area (Å²) in [6.07, 6.45) is 8.19. The number of carbonyl (C=O) groups excluding carboxylic acids is 1. The molecule has 1 atom stereocenters. The molecule has 2 aliphatic rings. The van der Waals surface area contributed by atoms with Gasteiger partial charge in [-0.05, 0) is 24.5 Å². The van der Waals surface area contributed by atoms with Gasteiger partial charge in [-0.25, -0.2) is 4.39 Å². The lowest BCUT2D eigenvalue weighted by Crippen LogP contribution is -3.15. The van der Waals surface area contributed by atoms with E-state index in [1.165, 1.54) is 49.1 Å². The van der Waals surface area contributed by atoms with Gasteiger partial charge in [0.2, 0.25) is 5.91 Å². The first-order valence-electron chi connectivity index (χ1n) is 10.2. The van der Waals surface area contributed by atoms with E-state index < -0.39 is 0 Å². The van der Waals surface area contributed by atoms with Crippen molar-refractivity contribution in [2.75, 3.05) is 32.8 Å². The molecule has 4 nitrogen and oxygen atoms in total. The Labute approximate surface area is 156 Å². The predicted molar refractivity (Wildman–Crippen MR) is 99.5 cm³/mol. The summed E-state index contributed by atoms with van der Waals surface area (Å²) in [4.78, 5) is 13.8. The normalized spacial score (nSPS) is 20.7. The lowest BCUT2D eigenvalue weighted by molar-refractivity contribution is -0.937. The van der Waals surface area contributed by atoms with E-state index in [4.69, 9.17) is 4.74 Å². The maximum atomic E-state index is 13.3. The molecule has 2 N–H and O–H groups in total. The van der Waals surface area contributed by atoms with Crippen molar-refractivity contribution in [1.82, 2.24) is 5.32 Å². The molecule has 3 rings (SSSR count). The third-order valence-corrected chi connectivity index (χ3v) is 5.91. The number of ether oxygens (including phenoxy) is 1. The van der Waals surface area contributed by atoms with E-state index in [0.29, 0.717) is 13.0 Å². The Bertz CT molecular complexity index is 552. The fraction of sp³-hybridized carbons (Fsp3) is 0.667. The van der Waals surface area contributed by atoms with Gasteiger partial charge < -0.3 is 15.0 Å². The standard InChI is InChI=1S/C21H31FN2O2/c22-19-9-7-18(8-10-19)20(24-12-14-26-15-13-24)16-23-21(25)11-6-17-4-2-1-3-5-17/h7-10,17,20H,1-6,11-16H2,(H,23,25)/p+1/t20-/m0/s1. The Balaban J connectivity index is 1.52. The van der Waals surface area contributed by atoms with E-state index in [2.05, 4.69) is 5.32 Å². The summed E-state index contributed by atoms with van der Waals surface area (Å²) in [6.45, 7) is 3.91. The van der Waals surface area contributed by atoms with Crippen molar-refractivity contribution in [3.05, 3.63) is 35.6 Å². The summed E-state index contributed by atoms with van der Waals surface area (Å²) in [5.74, 6) is 0.656. The number of benzene rings is 1. The van der Waals surface area contributed by atoms with Crippen LogP contribution in [0.2, 0.25) is 0 Å². The summed E-state index contributed by atoms with van der Waals surface area (Å²) in [7, 11) is 0. The molecule has 0 bridgehead atoms. The van der Waals surface area contributed by atoms with E-state index >= 15 is 0 Å². The minimum absolute atomic E-state index is 0.148. The van der Waals surface area contributed by atoms with E-state index in [1.807, 2.05) is 12.1 Å². The van der Waals surface area contributed by atoms with Crippen molar-refractivity contribution < 1.29 is 18.8 Å². The first kappa shape index (κ1) is 19.3. The molecule has 1 aromatic rings. The van der Waals surface area contributed by atoms with Crippen LogP contribution in [0.1, 0.15) is 56.6 Å². The lowest BCUT2D eigenvalue weighted by atomic mass is 9.86. The Morgan fingerprint density at radius 2 is 1.85 bits per heavy atom. The smallest absolute Gasteiger partial charge is 0.220 e. The summed E-state index contributed by atoms with van der Waals surface area (Å²) in [6, 6.07) is 6.85. The van der Waals surface area contributed by atoms with Gasteiger partial charge in [0.15, 0.2) is 0 Å². The topological polar surface area (TPSA) is 42.8 Å². The number of hydrogen-bond donors (Lipinski definition) is 2. The highest BCUT2D eigenvalue weighted by atomic mass is 19.1. The van der Waals surface area contributed by atoms with Crippen LogP contribution in [0.4, 0.5) is 4.39 Å². The third kappa shape index (κ3) is 5.78. The van der Waals surface area contributed by atoms with Crippen LogP contribution < -0.4 is 10.2 Å². The summed E-state index contributed by atoms with van der Waals surface area (Å²) in [5.41, 5.74) is 1.08. The maximum absolute atomic E-state index is 13.3. The van der Waals surface area contributed by atoms with Crippen molar-refractivity contribution in [3.8, 4) is 0 Å². The second-order valence-electron chi connectivity index (χ2n) is 7.72. The predicted octanol–water partition coefficient (Wildman–Crippen LogP) is 2.26. The fourth-order valence-corrected chi connectivity index (χ4v) is 4.29. The van der Waals surface area contributed by atoms with Crippen LogP contribution in [0.25, 0.3) is 0 Å². The molecule has 1 aliphatic heterocycles. The molecule has 144 valence electrons. The molecule has 2 fully saturated rings. The summed E-state index contributed by atoms with van der Waals surface area (Å²) >= 11 is 0. The quantitative estimate of drug-likeness (QED) is 0.780. The minimum atomic E-state index is -0.221. The van der Waals surface area contributed by atoms with Crippen molar-refractivity contribution in [1.29, 1.82) is 0 Å². The van der Waals surface area contributed by atoms with Crippen LogP contribution >= 0.6 is 0 Å². The molecule has 1 saturated heterocycles. The second-order valence-corrected chi connectivity index (χ2v) is 7.72. The van der Waals surface area contributed by atoms with Crippen molar-refractivity contribution in [2.45, 2.75) is 51.0 Å². The van der Waals surface area contributed by atoms with Gasteiger partial charge in [-0.2, -0.15) is 0 Å². The van der Waals surface area contributed by atoms with E-state index in [0.717, 1.165) is 44.2 Å². The third-order valence-electron chi connectivity index (χ3n) is 5.91. The number of carbonyl (C=O) groups is 1. The first-order valence-corrected chi connectivity index (χ1v) is 10.2. The van der Waals surface area contributed by atoms with Gasteiger partial charge in [0.1, 0.15) is 24.9 Å². The Kier molecular flexibility index (Phi) is 7.44. The molecule has 0 aromatic heterocycles. The Morgan fingerprint density at radius 3 is 2.54 bits per heavy atom. The van der Waals surface area contributed by atoms with Gasteiger partial charge >= 0.3 is 0 Å². The molecular weight excluding hydrogens is 331 g/mol. The average Bonchev–Trinajstić information content (AvgIpc) is 2.69. The van der Waals surface area contributed by atoms with E-state index in [-0.39, 0.29) is 17.8 Å². The highest BCUT2D eigenvalue weighted by molar-refractivity contribution is 5.75. The van der Waals surface area contributed by atoms with E-state index in [9.17, 15) is 9.18 Å². The molecule has 5 heteroatoms. The van der Waals surface area contributed by atoms with Gasteiger partial charge in [-0.1, -0.05) is 44.2 Å². The largest absolute Gasteiger partial charge is 0.370 e. The highest BCUT2D eigenvalue weighted by Gasteiger charge is 2.27. The molecule has 0 spiro atoms. The average molecular weight is 363 g/mol. The van der Waals surface area contributed by atoms with Crippen LogP contribution in [0.5, 0.6) is 0 Å². The molecule has 1 heterocycles. The molecule has 1 aromatic carbocycles. The van der Waals surface area contributed by atoms with Crippen molar-refractivity contribution in [3.63, 3.8) is 0 Å². The van der Waals surface area contributed by atoms with Crippen LogP contribution in [-0.2, 0) is 9.53 Å². The minimum Gasteiger partial charge on any atom is -0.370 e. The molecule has 0 unspecified atom stereocenters. The Hall–Kier alpha value is -1.46. The van der Waals surface area contributed by atoms with Gasteiger partial charge in [-0.3, -0.25) is 4.79 Å². The first-order chi connectivity index (χ1) is 12.7. The van der Waals surface area contributed by atoms with Gasteiger partial charge in [0, 0.05) is 12.0 Å². The highest BCUT2D eigenvalue weighted by Crippen LogP contribution is 2.27. The van der Waals surface area contributed by atoms with Crippen molar-refractivity contribution in [2.24, 2.45) is 5.92 Å². The molecule has 1 amide bonds. The van der Waals surface area contributed by atoms with Crippen molar-refractivity contribution >= 4 is 5.91 Å². The zero-order valence-electron chi connectivity index (χ0n) is 15.6. The van der Waals surface area contributed by atoms with Crippen LogP contribution in [0.15, 0.2) is 24.3 Å². The van der Waals surface area contributed by atoms with Gasteiger partial charge in [0.05, 0.1) is 19.8 Å². The summed E-state index contributed by atoms with van der Waals surface area (Å²) in [5, 5.41) is 3.14. The fourth-order valence-electron chi connectivity index (χ4n) is 4.29. The zero-order valence-corrected chi connectivity index (χ0v) is 15.6. The Morgan fingerprint density at radius 1 is 1.15 bits per heavy atom. The van der Waals surface area contributed by atoms with Crippen LogP contribution in [0, 0.1) is 11.7 Å². The van der Waals surface area contributed by atoms with E-state index in [1.54, 1.807) is 0 Å². The number of hydrogen-bond acceptors (Lipinski definition) is 2. The molecule has 0 radical (unpaired) electrons. The van der Waals surface area contributed by atoms with Crippen LogP contribution in [0.3, 0.4) is 0 Å². The van der Waals surface area contributed by atoms with Gasteiger partial charge in [0.25, 0.3) is 0 Å². The molecule has 1 saturated carbocycles. The second kappa shape index (κ2) is 10.0. The van der Waals surface area contributed by atoms with Gasteiger partial charge in [-0.15, -0.1) is 0 Å². The maximum Gasteiger partial charge on any atom is 0.220 e. The SMILES string of the molecule is O=C(CCC1CCCCC1)NC[C@@H](c1ccc(F)cc1)[NH+]1CCOCC1. The number of amides is 1. The number of rotatable bonds is 7.